The van der Waals surface area contributed by atoms with Crippen molar-refractivity contribution in [3.05, 3.63) is 0 Å². The Kier molecular flexibility index (Phi) is 7.32. The van der Waals surface area contributed by atoms with Crippen LogP contribution in [0.3, 0.4) is 0 Å². The van der Waals surface area contributed by atoms with Crippen molar-refractivity contribution in [3.63, 3.8) is 0 Å². The lowest BCUT2D eigenvalue weighted by molar-refractivity contribution is -0.291. The maximum absolute atomic E-state index is 13.2. The molecular weight excluding hydrogens is 358 g/mol. The zero-order valence-corrected chi connectivity index (χ0v) is 13.6. The van der Waals surface area contributed by atoms with Gasteiger partial charge in [-0.3, -0.25) is 9.80 Å². The molecule has 0 amide bonds. The van der Waals surface area contributed by atoms with Gasteiger partial charge >= 0.3 is 12.4 Å². The second kappa shape index (κ2) is 8.85. The third-order valence-electron chi connectivity index (χ3n) is 4.11. The highest BCUT2D eigenvalue weighted by atomic mass is 19.4. The van der Waals surface area contributed by atoms with Gasteiger partial charge in [-0.25, -0.2) is 0 Å². The van der Waals surface area contributed by atoms with Crippen molar-refractivity contribution in [2.75, 3.05) is 65.7 Å². The number of alkyl halides is 6. The molecule has 2 atom stereocenters. The third-order valence-corrected chi connectivity index (χ3v) is 4.11. The Bertz CT molecular complexity index is 359. The third kappa shape index (κ3) is 6.89. The molecule has 0 radical (unpaired) electrons. The van der Waals surface area contributed by atoms with Gasteiger partial charge in [-0.2, -0.15) is 26.3 Å². The van der Waals surface area contributed by atoms with Crippen LogP contribution in [0.2, 0.25) is 0 Å². The van der Waals surface area contributed by atoms with Crippen molar-refractivity contribution < 1.29 is 40.6 Å². The van der Waals surface area contributed by atoms with Crippen LogP contribution < -0.4 is 0 Å². The fraction of sp³-hybridized carbons (Fsp3) is 1.00. The maximum atomic E-state index is 13.2. The fourth-order valence-electron chi connectivity index (χ4n) is 2.68. The Labute approximate surface area is 141 Å². The zero-order chi connectivity index (χ0) is 18.5. The molecule has 2 unspecified atom stereocenters. The van der Waals surface area contributed by atoms with Crippen molar-refractivity contribution in [1.29, 1.82) is 0 Å². The highest BCUT2D eigenvalue weighted by Gasteiger charge is 2.49. The summed E-state index contributed by atoms with van der Waals surface area (Å²) in [6, 6.07) is 0. The van der Waals surface area contributed by atoms with E-state index in [0.717, 1.165) is 0 Å². The summed E-state index contributed by atoms with van der Waals surface area (Å²) in [4.78, 5) is 2.81. The highest BCUT2D eigenvalue weighted by molar-refractivity contribution is 4.81. The number of halogens is 6. The zero-order valence-electron chi connectivity index (χ0n) is 13.6. The van der Waals surface area contributed by atoms with Crippen LogP contribution in [0.1, 0.15) is 0 Å². The number of nitrogens with zero attached hydrogens (tertiary/aromatic N) is 2. The summed E-state index contributed by atoms with van der Waals surface area (Å²) in [7, 11) is 0. The Hall–Kier alpha value is -0.620. The molecular formula is C14H22F6N2O3. The lowest BCUT2D eigenvalue weighted by Gasteiger charge is -2.36. The van der Waals surface area contributed by atoms with Crippen molar-refractivity contribution in [1.82, 2.24) is 9.80 Å². The molecule has 0 aromatic rings. The van der Waals surface area contributed by atoms with Crippen molar-refractivity contribution in [2.24, 2.45) is 0 Å². The van der Waals surface area contributed by atoms with Gasteiger partial charge in [-0.1, -0.05) is 0 Å². The molecule has 0 saturated carbocycles. The first kappa shape index (κ1) is 20.7. The van der Waals surface area contributed by atoms with Gasteiger partial charge in [-0.05, 0) is 0 Å². The van der Waals surface area contributed by atoms with E-state index in [9.17, 15) is 26.3 Å². The van der Waals surface area contributed by atoms with Crippen LogP contribution in [0.15, 0.2) is 0 Å². The molecule has 0 aromatic heterocycles. The number of ether oxygens (including phenoxy) is 3. The highest BCUT2D eigenvalue weighted by Crippen LogP contribution is 2.31. The Morgan fingerprint density at radius 1 is 0.680 bits per heavy atom. The molecule has 0 spiro atoms. The molecule has 0 aliphatic carbocycles. The monoisotopic (exact) mass is 380 g/mol. The molecule has 0 N–H and O–H groups in total. The van der Waals surface area contributed by atoms with Gasteiger partial charge in [0, 0.05) is 39.3 Å². The van der Waals surface area contributed by atoms with E-state index in [1.165, 1.54) is 9.80 Å². The van der Waals surface area contributed by atoms with Crippen LogP contribution in [-0.4, -0.2) is 100 Å². The predicted molar refractivity (Wildman–Crippen MR) is 75.3 cm³/mol. The summed E-state index contributed by atoms with van der Waals surface area (Å²) in [6.07, 6.45) is -14.8. The van der Waals surface area contributed by atoms with E-state index in [-0.39, 0.29) is 52.6 Å². The first-order valence-corrected chi connectivity index (χ1v) is 8.05. The molecule has 0 aromatic carbocycles. The quantitative estimate of drug-likeness (QED) is 0.653. The van der Waals surface area contributed by atoms with Crippen molar-refractivity contribution in [2.45, 2.75) is 24.6 Å². The first-order valence-electron chi connectivity index (χ1n) is 8.05. The molecule has 2 fully saturated rings. The number of hydrogen-bond donors (Lipinski definition) is 0. The standard InChI is InChI=1S/C14H22F6N2O3/c15-13(16,17)11(9-21-1-5-23-6-2-21)25-12(14(18,19)20)10-22-3-7-24-8-4-22/h11-12H,1-10H2. The average molecular weight is 380 g/mol. The van der Waals surface area contributed by atoms with Crippen molar-refractivity contribution >= 4 is 0 Å². The topological polar surface area (TPSA) is 34.2 Å². The second-order valence-corrected chi connectivity index (χ2v) is 6.02. The molecule has 11 heteroatoms. The molecule has 2 saturated heterocycles. The van der Waals surface area contributed by atoms with E-state index in [4.69, 9.17) is 9.47 Å². The Morgan fingerprint density at radius 2 is 1.00 bits per heavy atom. The summed E-state index contributed by atoms with van der Waals surface area (Å²) in [6.45, 7) is 0.660. The van der Waals surface area contributed by atoms with E-state index in [1.54, 1.807) is 0 Å². The maximum Gasteiger partial charge on any atom is 0.415 e. The van der Waals surface area contributed by atoms with Gasteiger partial charge in [0.1, 0.15) is 0 Å². The van der Waals surface area contributed by atoms with Gasteiger partial charge in [0.25, 0.3) is 0 Å². The fourth-order valence-corrected chi connectivity index (χ4v) is 2.68. The number of rotatable bonds is 6. The van der Waals surface area contributed by atoms with E-state index >= 15 is 0 Å². The molecule has 25 heavy (non-hydrogen) atoms. The largest absolute Gasteiger partial charge is 0.415 e. The minimum absolute atomic E-state index is 0.232. The SMILES string of the molecule is FC(F)(F)C(CN1CCOCC1)OC(CN1CCOCC1)C(F)(F)F. The van der Waals surface area contributed by atoms with Gasteiger partial charge in [0.15, 0.2) is 12.2 Å². The van der Waals surface area contributed by atoms with Crippen LogP contribution >= 0.6 is 0 Å². The molecule has 5 nitrogen and oxygen atoms in total. The summed E-state index contributed by atoms with van der Waals surface area (Å²) >= 11 is 0. The number of hydrogen-bond acceptors (Lipinski definition) is 5. The molecule has 2 rings (SSSR count). The van der Waals surface area contributed by atoms with Gasteiger partial charge in [0.2, 0.25) is 0 Å². The van der Waals surface area contributed by atoms with E-state index in [0.29, 0.717) is 0 Å². The smallest absolute Gasteiger partial charge is 0.379 e. The number of morpholine rings is 2. The molecule has 0 bridgehead atoms. The van der Waals surface area contributed by atoms with Gasteiger partial charge in [-0.15, -0.1) is 0 Å². The van der Waals surface area contributed by atoms with E-state index in [2.05, 4.69) is 4.74 Å². The van der Waals surface area contributed by atoms with Crippen LogP contribution in [0.5, 0.6) is 0 Å². The van der Waals surface area contributed by atoms with Gasteiger partial charge < -0.3 is 14.2 Å². The molecule has 2 aliphatic rings. The summed E-state index contributed by atoms with van der Waals surface area (Å²) in [5, 5.41) is 0. The first-order chi connectivity index (χ1) is 11.7. The minimum atomic E-state index is -4.88. The summed E-state index contributed by atoms with van der Waals surface area (Å²) in [5.41, 5.74) is 0. The van der Waals surface area contributed by atoms with E-state index in [1.807, 2.05) is 0 Å². The lowest BCUT2D eigenvalue weighted by atomic mass is 10.2. The lowest BCUT2D eigenvalue weighted by Crippen LogP contribution is -2.53. The Balaban J connectivity index is 2.02. The molecule has 2 heterocycles. The van der Waals surface area contributed by atoms with Crippen LogP contribution in [-0.2, 0) is 14.2 Å². The second-order valence-electron chi connectivity index (χ2n) is 6.02. The van der Waals surface area contributed by atoms with Crippen LogP contribution in [0, 0.1) is 0 Å². The van der Waals surface area contributed by atoms with E-state index < -0.39 is 37.7 Å². The summed E-state index contributed by atoms with van der Waals surface area (Å²) in [5.74, 6) is 0. The summed E-state index contributed by atoms with van der Waals surface area (Å²) < 4.78 is 94.0. The van der Waals surface area contributed by atoms with Crippen molar-refractivity contribution in [3.8, 4) is 0 Å². The predicted octanol–water partition coefficient (Wildman–Crippen LogP) is 1.53. The van der Waals surface area contributed by atoms with Gasteiger partial charge in [0.05, 0.1) is 26.4 Å². The average Bonchev–Trinajstić information content (AvgIpc) is 2.53. The molecule has 2 aliphatic heterocycles. The molecule has 148 valence electrons. The Morgan fingerprint density at radius 3 is 1.28 bits per heavy atom. The van der Waals surface area contributed by atoms with Crippen LogP contribution in [0.4, 0.5) is 26.3 Å². The van der Waals surface area contributed by atoms with Crippen LogP contribution in [0.25, 0.3) is 0 Å². The normalized spacial score (nSPS) is 24.2. The minimum Gasteiger partial charge on any atom is -0.379 e.